The van der Waals surface area contributed by atoms with Crippen molar-refractivity contribution in [3.05, 3.63) is 36.5 Å². The molecule has 3 rings (SSSR count). The van der Waals surface area contributed by atoms with Gasteiger partial charge in [-0.1, -0.05) is 0 Å². The summed E-state index contributed by atoms with van der Waals surface area (Å²) < 4.78 is 26.8. The van der Waals surface area contributed by atoms with Crippen molar-refractivity contribution in [2.75, 3.05) is 31.9 Å². The maximum atomic E-state index is 12.5. The minimum absolute atomic E-state index is 0.0788. The van der Waals surface area contributed by atoms with Gasteiger partial charge in [0.1, 0.15) is 18.5 Å². The first-order valence-electron chi connectivity index (χ1n) is 7.59. The fourth-order valence-corrected chi connectivity index (χ4v) is 3.60. The van der Waals surface area contributed by atoms with E-state index in [1.807, 2.05) is 0 Å². The minimum atomic E-state index is -3.20. The van der Waals surface area contributed by atoms with E-state index < -0.39 is 10.0 Å². The summed E-state index contributed by atoms with van der Waals surface area (Å²) in [5.41, 5.74) is 0.471. The van der Waals surface area contributed by atoms with Crippen LogP contribution in [0.3, 0.4) is 0 Å². The molecule has 128 valence electrons. The summed E-state index contributed by atoms with van der Waals surface area (Å²) >= 11 is 0. The van der Waals surface area contributed by atoms with E-state index in [2.05, 4.69) is 15.2 Å². The van der Waals surface area contributed by atoms with Crippen LogP contribution in [0.1, 0.15) is 17.3 Å². The van der Waals surface area contributed by atoms with Crippen molar-refractivity contribution in [1.82, 2.24) is 29.0 Å². The second-order valence-corrected chi connectivity index (χ2v) is 7.62. The van der Waals surface area contributed by atoms with Crippen LogP contribution in [0.15, 0.2) is 31.0 Å². The maximum Gasteiger partial charge on any atom is 0.255 e. The van der Waals surface area contributed by atoms with Crippen LogP contribution in [0, 0.1) is 0 Å². The van der Waals surface area contributed by atoms with E-state index in [0.717, 1.165) is 0 Å². The Kier molecular flexibility index (Phi) is 4.58. The Morgan fingerprint density at radius 3 is 2.33 bits per heavy atom. The van der Waals surface area contributed by atoms with Crippen molar-refractivity contribution >= 4 is 15.9 Å². The molecule has 0 saturated carbocycles. The van der Waals surface area contributed by atoms with E-state index >= 15 is 0 Å². The number of carbonyl (C=O) groups excluding carboxylic acids is 1. The highest BCUT2D eigenvalue weighted by atomic mass is 32.2. The highest BCUT2D eigenvalue weighted by molar-refractivity contribution is 7.89. The first-order valence-corrected chi connectivity index (χ1v) is 9.20. The van der Waals surface area contributed by atoms with Gasteiger partial charge in [-0.15, -0.1) is 10.2 Å². The summed E-state index contributed by atoms with van der Waals surface area (Å²) in [5, 5.41) is 7.41. The lowest BCUT2D eigenvalue weighted by molar-refractivity contribution is 0.0697. The van der Waals surface area contributed by atoms with Gasteiger partial charge >= 0.3 is 0 Å². The van der Waals surface area contributed by atoms with Crippen LogP contribution in [-0.2, 0) is 10.0 Å². The molecule has 0 spiro atoms. The van der Waals surface area contributed by atoms with Gasteiger partial charge in [-0.25, -0.2) is 13.4 Å². The van der Waals surface area contributed by atoms with Gasteiger partial charge in [0, 0.05) is 32.4 Å². The van der Waals surface area contributed by atoms with Crippen LogP contribution < -0.4 is 0 Å². The molecule has 10 heteroatoms. The first kappa shape index (κ1) is 16.5. The lowest BCUT2D eigenvalue weighted by Crippen LogP contribution is -2.50. The van der Waals surface area contributed by atoms with Crippen LogP contribution in [-0.4, -0.2) is 75.2 Å². The Balaban J connectivity index is 1.65. The lowest BCUT2D eigenvalue weighted by atomic mass is 10.2. The van der Waals surface area contributed by atoms with Crippen LogP contribution in [0.5, 0.6) is 0 Å². The van der Waals surface area contributed by atoms with Gasteiger partial charge in [0.05, 0.1) is 11.3 Å². The van der Waals surface area contributed by atoms with Gasteiger partial charge in [0.15, 0.2) is 0 Å². The highest BCUT2D eigenvalue weighted by Gasteiger charge is 2.28. The number of pyridine rings is 1. The minimum Gasteiger partial charge on any atom is -0.336 e. The summed E-state index contributed by atoms with van der Waals surface area (Å²) in [6, 6.07) is 3.41. The van der Waals surface area contributed by atoms with E-state index in [0.29, 0.717) is 37.6 Å². The van der Waals surface area contributed by atoms with E-state index in [-0.39, 0.29) is 11.7 Å². The second kappa shape index (κ2) is 6.65. The van der Waals surface area contributed by atoms with Gasteiger partial charge < -0.3 is 4.90 Å². The number of rotatable bonds is 4. The molecule has 0 aliphatic carbocycles. The Morgan fingerprint density at radius 2 is 1.79 bits per heavy atom. The van der Waals surface area contributed by atoms with E-state index in [1.165, 1.54) is 23.2 Å². The number of sulfonamides is 1. The molecule has 0 radical (unpaired) electrons. The Bertz CT molecular complexity index is 796. The molecule has 1 aliphatic heterocycles. The molecule has 0 N–H and O–H groups in total. The molecule has 0 unspecified atom stereocenters. The highest BCUT2D eigenvalue weighted by Crippen LogP contribution is 2.12. The fourth-order valence-electron chi connectivity index (χ4n) is 2.52. The molecule has 2 aromatic rings. The zero-order valence-corrected chi connectivity index (χ0v) is 14.1. The van der Waals surface area contributed by atoms with Crippen LogP contribution >= 0.6 is 0 Å². The normalized spacial score (nSPS) is 16.3. The zero-order chi connectivity index (χ0) is 17.2. The van der Waals surface area contributed by atoms with Crippen LogP contribution in [0.2, 0.25) is 0 Å². The standard InChI is InChI=1S/C14H18N6O3S/c1-2-24(22,23)20-7-5-18(6-8-20)14(21)12-3-4-13(15-9-12)19-10-16-17-11-19/h3-4,9-11H,2,5-8H2,1H3. The Labute approximate surface area is 140 Å². The van der Waals surface area contributed by atoms with Gasteiger partial charge in [0.2, 0.25) is 10.0 Å². The SMILES string of the molecule is CCS(=O)(=O)N1CCN(C(=O)c2ccc(-n3cnnc3)nc2)CC1. The summed E-state index contributed by atoms with van der Waals surface area (Å²) in [6.07, 6.45) is 4.56. The first-order chi connectivity index (χ1) is 11.5. The largest absolute Gasteiger partial charge is 0.336 e. The molecule has 1 amide bonds. The predicted octanol–water partition coefficient (Wildman–Crippen LogP) is -0.230. The average Bonchev–Trinajstić information content (AvgIpc) is 3.16. The molecule has 3 heterocycles. The summed E-state index contributed by atoms with van der Waals surface area (Å²) in [6.45, 7) is 3.04. The molecule has 1 saturated heterocycles. The molecule has 9 nitrogen and oxygen atoms in total. The summed E-state index contributed by atoms with van der Waals surface area (Å²) in [5.74, 6) is 0.553. The fraction of sp³-hybridized carbons (Fsp3) is 0.429. The third-order valence-electron chi connectivity index (χ3n) is 3.96. The lowest BCUT2D eigenvalue weighted by Gasteiger charge is -2.33. The van der Waals surface area contributed by atoms with Crippen molar-refractivity contribution in [3.8, 4) is 5.82 Å². The van der Waals surface area contributed by atoms with E-state index in [1.54, 1.807) is 28.5 Å². The average molecular weight is 350 g/mol. The van der Waals surface area contributed by atoms with Crippen molar-refractivity contribution in [3.63, 3.8) is 0 Å². The maximum absolute atomic E-state index is 12.5. The quantitative estimate of drug-likeness (QED) is 0.755. The van der Waals surface area contributed by atoms with E-state index in [9.17, 15) is 13.2 Å². The van der Waals surface area contributed by atoms with Gasteiger partial charge in [-0.2, -0.15) is 4.31 Å². The predicted molar refractivity (Wildman–Crippen MR) is 86.1 cm³/mol. The second-order valence-electron chi connectivity index (χ2n) is 5.37. The smallest absolute Gasteiger partial charge is 0.255 e. The van der Waals surface area contributed by atoms with Crippen molar-refractivity contribution < 1.29 is 13.2 Å². The Hall–Kier alpha value is -2.33. The number of piperazine rings is 1. The molecule has 2 aromatic heterocycles. The van der Waals surface area contributed by atoms with Gasteiger partial charge in [-0.3, -0.25) is 9.36 Å². The topological polar surface area (TPSA) is 101 Å². The zero-order valence-electron chi connectivity index (χ0n) is 13.2. The van der Waals surface area contributed by atoms with Crippen molar-refractivity contribution in [2.45, 2.75) is 6.92 Å². The Morgan fingerprint density at radius 1 is 1.12 bits per heavy atom. The van der Waals surface area contributed by atoms with Gasteiger partial charge in [0.25, 0.3) is 5.91 Å². The molecule has 0 bridgehead atoms. The number of nitrogens with zero attached hydrogens (tertiary/aromatic N) is 6. The summed E-state index contributed by atoms with van der Waals surface area (Å²) in [4.78, 5) is 18.4. The molecule has 1 fully saturated rings. The third-order valence-corrected chi connectivity index (χ3v) is 5.84. The molecule has 1 aliphatic rings. The van der Waals surface area contributed by atoms with Crippen molar-refractivity contribution in [2.24, 2.45) is 0 Å². The molecular formula is C14H18N6O3S. The van der Waals surface area contributed by atoms with E-state index in [4.69, 9.17) is 0 Å². The summed E-state index contributed by atoms with van der Waals surface area (Å²) in [7, 11) is -3.20. The van der Waals surface area contributed by atoms with Gasteiger partial charge in [-0.05, 0) is 19.1 Å². The monoisotopic (exact) mass is 350 g/mol. The molecule has 24 heavy (non-hydrogen) atoms. The number of hydrogen-bond donors (Lipinski definition) is 0. The molecule has 0 atom stereocenters. The number of hydrogen-bond acceptors (Lipinski definition) is 6. The number of aromatic nitrogens is 4. The van der Waals surface area contributed by atoms with Crippen molar-refractivity contribution in [1.29, 1.82) is 0 Å². The molecular weight excluding hydrogens is 332 g/mol. The third kappa shape index (κ3) is 3.29. The molecule has 0 aromatic carbocycles. The number of carbonyl (C=O) groups is 1. The number of amides is 1. The van der Waals surface area contributed by atoms with Crippen LogP contribution in [0.25, 0.3) is 5.82 Å². The van der Waals surface area contributed by atoms with Crippen LogP contribution in [0.4, 0.5) is 0 Å².